The summed E-state index contributed by atoms with van der Waals surface area (Å²) < 4.78 is 0. The lowest BCUT2D eigenvalue weighted by Gasteiger charge is -1.93. The van der Waals surface area contributed by atoms with Crippen LogP contribution in [0.25, 0.3) is 0 Å². The summed E-state index contributed by atoms with van der Waals surface area (Å²) in [7, 11) is 0. The number of allylic oxidation sites excluding steroid dienone is 2. The van der Waals surface area contributed by atoms with Gasteiger partial charge in [-0.3, -0.25) is 0 Å². The molecule has 0 atom stereocenters. The molecule has 0 amide bonds. The largest absolute Gasteiger partial charge is 0.396 e. The molecule has 0 aliphatic rings. The summed E-state index contributed by atoms with van der Waals surface area (Å²) in [4.78, 5) is 0. The van der Waals surface area contributed by atoms with E-state index in [9.17, 15) is 0 Å². The Morgan fingerprint density at radius 1 is 0.917 bits per heavy atom. The Hall–Kier alpha value is -0.300. The minimum atomic E-state index is 0.347. The topological polar surface area (TPSA) is 20.2 Å². The van der Waals surface area contributed by atoms with E-state index < -0.39 is 0 Å². The first-order valence-corrected chi connectivity index (χ1v) is 5.17. The van der Waals surface area contributed by atoms with Gasteiger partial charge in [-0.25, -0.2) is 0 Å². The summed E-state index contributed by atoms with van der Waals surface area (Å²) in [6.45, 7) is 2.56. The molecule has 0 aromatic rings. The van der Waals surface area contributed by atoms with Crippen LogP contribution < -0.4 is 0 Å². The highest BCUT2D eigenvalue weighted by atomic mass is 16.2. The van der Waals surface area contributed by atoms with Gasteiger partial charge in [0.1, 0.15) is 0 Å². The molecule has 0 fully saturated rings. The van der Waals surface area contributed by atoms with Crippen LogP contribution in [0.2, 0.25) is 0 Å². The Bertz CT molecular complexity index is 97.2. The lowest BCUT2D eigenvalue weighted by atomic mass is 10.1. The van der Waals surface area contributed by atoms with Crippen molar-refractivity contribution in [1.29, 1.82) is 0 Å². The minimum Gasteiger partial charge on any atom is -0.396 e. The SMILES string of the molecule is CCCC/C=C/CCCCCO. The zero-order valence-electron chi connectivity index (χ0n) is 8.26. The molecule has 1 nitrogen and oxygen atoms in total. The molecule has 0 saturated carbocycles. The Balaban J connectivity index is 2.92. The van der Waals surface area contributed by atoms with Crippen molar-refractivity contribution in [2.45, 2.75) is 51.9 Å². The van der Waals surface area contributed by atoms with Gasteiger partial charge in [-0.2, -0.15) is 0 Å². The van der Waals surface area contributed by atoms with Crippen molar-refractivity contribution < 1.29 is 5.11 Å². The second kappa shape index (κ2) is 10.7. The first-order chi connectivity index (χ1) is 5.91. The quantitative estimate of drug-likeness (QED) is 0.438. The molecule has 0 aliphatic carbocycles. The molecule has 1 N–H and O–H groups in total. The second-order valence-electron chi connectivity index (χ2n) is 3.19. The highest BCUT2D eigenvalue weighted by molar-refractivity contribution is 4.80. The van der Waals surface area contributed by atoms with Crippen molar-refractivity contribution in [1.82, 2.24) is 0 Å². The molecule has 0 rings (SSSR count). The van der Waals surface area contributed by atoms with Crippen LogP contribution in [0, 0.1) is 0 Å². The van der Waals surface area contributed by atoms with E-state index >= 15 is 0 Å². The van der Waals surface area contributed by atoms with E-state index in [1.807, 2.05) is 0 Å². The van der Waals surface area contributed by atoms with Crippen molar-refractivity contribution >= 4 is 0 Å². The number of unbranched alkanes of at least 4 members (excludes halogenated alkanes) is 5. The summed E-state index contributed by atoms with van der Waals surface area (Å²) in [5.74, 6) is 0. The fourth-order valence-electron chi connectivity index (χ4n) is 1.11. The minimum absolute atomic E-state index is 0.347. The van der Waals surface area contributed by atoms with Crippen molar-refractivity contribution in [2.24, 2.45) is 0 Å². The first-order valence-electron chi connectivity index (χ1n) is 5.17. The van der Waals surface area contributed by atoms with Gasteiger partial charge in [-0.05, 0) is 25.7 Å². The Kier molecular flexibility index (Phi) is 10.4. The van der Waals surface area contributed by atoms with Gasteiger partial charge in [0, 0.05) is 6.61 Å². The summed E-state index contributed by atoms with van der Waals surface area (Å²) in [5, 5.41) is 8.52. The fraction of sp³-hybridized carbons (Fsp3) is 0.818. The highest BCUT2D eigenvalue weighted by Crippen LogP contribution is 2.01. The number of aliphatic hydroxyl groups is 1. The molecule has 0 saturated heterocycles. The molecule has 0 aliphatic heterocycles. The van der Waals surface area contributed by atoms with Crippen LogP contribution in [-0.4, -0.2) is 11.7 Å². The molecule has 0 spiro atoms. The molecule has 0 heterocycles. The maximum absolute atomic E-state index is 8.52. The molecule has 0 bridgehead atoms. The van der Waals surface area contributed by atoms with Crippen molar-refractivity contribution in [3.05, 3.63) is 12.2 Å². The van der Waals surface area contributed by atoms with Crippen LogP contribution in [0.1, 0.15) is 51.9 Å². The lowest BCUT2D eigenvalue weighted by Crippen LogP contribution is -1.81. The number of rotatable bonds is 8. The van der Waals surface area contributed by atoms with E-state index in [-0.39, 0.29) is 0 Å². The smallest absolute Gasteiger partial charge is 0.0431 e. The number of hydrogen-bond acceptors (Lipinski definition) is 1. The normalized spacial score (nSPS) is 11.2. The van der Waals surface area contributed by atoms with Gasteiger partial charge in [-0.15, -0.1) is 0 Å². The maximum Gasteiger partial charge on any atom is 0.0431 e. The van der Waals surface area contributed by atoms with Crippen LogP contribution in [0.5, 0.6) is 0 Å². The lowest BCUT2D eigenvalue weighted by molar-refractivity contribution is 0.283. The number of aliphatic hydroxyl groups excluding tert-OH is 1. The third-order valence-corrected chi connectivity index (χ3v) is 1.92. The van der Waals surface area contributed by atoms with Gasteiger partial charge in [0.25, 0.3) is 0 Å². The van der Waals surface area contributed by atoms with Gasteiger partial charge >= 0.3 is 0 Å². The van der Waals surface area contributed by atoms with Gasteiger partial charge in [0.05, 0.1) is 0 Å². The first kappa shape index (κ1) is 11.7. The molecular weight excluding hydrogens is 148 g/mol. The molecule has 0 radical (unpaired) electrons. The third-order valence-electron chi connectivity index (χ3n) is 1.92. The van der Waals surface area contributed by atoms with Crippen LogP contribution >= 0.6 is 0 Å². The molecule has 0 unspecified atom stereocenters. The predicted molar refractivity (Wildman–Crippen MR) is 54.2 cm³/mol. The average molecular weight is 170 g/mol. The molecular formula is C11H22O. The summed E-state index contributed by atoms with van der Waals surface area (Å²) in [6, 6.07) is 0. The van der Waals surface area contributed by atoms with Crippen molar-refractivity contribution in [3.63, 3.8) is 0 Å². The van der Waals surface area contributed by atoms with Crippen LogP contribution in [0.3, 0.4) is 0 Å². The van der Waals surface area contributed by atoms with Crippen LogP contribution in [0.15, 0.2) is 12.2 Å². The standard InChI is InChI=1S/C11H22O/c1-2-3-4-5-6-7-8-9-10-11-12/h5-6,12H,2-4,7-11H2,1H3/b6-5+. The maximum atomic E-state index is 8.52. The van der Waals surface area contributed by atoms with Crippen molar-refractivity contribution in [3.8, 4) is 0 Å². The average Bonchev–Trinajstić information content (AvgIpc) is 2.10. The summed E-state index contributed by atoms with van der Waals surface area (Å²) in [5.41, 5.74) is 0. The van der Waals surface area contributed by atoms with E-state index in [1.165, 1.54) is 32.1 Å². The highest BCUT2D eigenvalue weighted by Gasteiger charge is 1.84. The van der Waals surface area contributed by atoms with E-state index in [2.05, 4.69) is 19.1 Å². The van der Waals surface area contributed by atoms with Gasteiger partial charge in [0.15, 0.2) is 0 Å². The van der Waals surface area contributed by atoms with Crippen molar-refractivity contribution in [2.75, 3.05) is 6.61 Å². The number of hydrogen-bond donors (Lipinski definition) is 1. The summed E-state index contributed by atoms with van der Waals surface area (Å²) >= 11 is 0. The Morgan fingerprint density at radius 2 is 1.58 bits per heavy atom. The zero-order valence-corrected chi connectivity index (χ0v) is 8.26. The van der Waals surface area contributed by atoms with E-state index in [1.54, 1.807) is 0 Å². The molecule has 72 valence electrons. The van der Waals surface area contributed by atoms with E-state index in [0.29, 0.717) is 6.61 Å². The van der Waals surface area contributed by atoms with Gasteiger partial charge in [-0.1, -0.05) is 38.3 Å². The van der Waals surface area contributed by atoms with E-state index in [0.717, 1.165) is 12.8 Å². The third kappa shape index (κ3) is 9.70. The van der Waals surface area contributed by atoms with E-state index in [4.69, 9.17) is 5.11 Å². The molecule has 12 heavy (non-hydrogen) atoms. The molecule has 0 aromatic carbocycles. The van der Waals surface area contributed by atoms with Gasteiger partial charge < -0.3 is 5.11 Å². The predicted octanol–water partition coefficient (Wildman–Crippen LogP) is 3.29. The second-order valence-corrected chi connectivity index (χ2v) is 3.19. The zero-order chi connectivity index (χ0) is 9.07. The Labute approximate surface area is 76.5 Å². The monoisotopic (exact) mass is 170 g/mol. The fourth-order valence-corrected chi connectivity index (χ4v) is 1.11. The Morgan fingerprint density at radius 3 is 2.17 bits per heavy atom. The summed E-state index contributed by atoms with van der Waals surface area (Å²) in [6.07, 6.45) is 12.9. The van der Waals surface area contributed by atoms with Gasteiger partial charge in [0.2, 0.25) is 0 Å². The van der Waals surface area contributed by atoms with Crippen LogP contribution in [0.4, 0.5) is 0 Å². The molecule has 0 aromatic heterocycles. The van der Waals surface area contributed by atoms with Crippen LogP contribution in [-0.2, 0) is 0 Å². The molecule has 1 heteroatoms.